The van der Waals surface area contributed by atoms with Gasteiger partial charge in [-0.2, -0.15) is 4.98 Å². The average Bonchev–Trinajstić information content (AvgIpc) is 3.36. The minimum Gasteiger partial charge on any atom is -0.493 e. The van der Waals surface area contributed by atoms with Crippen molar-refractivity contribution < 1.29 is 23.6 Å². The number of ether oxygens (including phenoxy) is 2. The highest BCUT2D eigenvalue weighted by atomic mass is 16.5. The molecule has 0 unspecified atom stereocenters. The van der Waals surface area contributed by atoms with Crippen molar-refractivity contribution in [2.24, 2.45) is 0 Å². The van der Waals surface area contributed by atoms with Gasteiger partial charge in [-0.05, 0) is 54.6 Å². The predicted molar refractivity (Wildman–Crippen MR) is 132 cm³/mol. The lowest BCUT2D eigenvalue weighted by atomic mass is 10.2. The van der Waals surface area contributed by atoms with Crippen LogP contribution in [0.2, 0.25) is 0 Å². The minimum absolute atomic E-state index is 0.0214. The van der Waals surface area contributed by atoms with E-state index in [2.05, 4.69) is 20.8 Å². The number of hydrogen-bond donors (Lipinski definition) is 2. The molecule has 0 saturated heterocycles. The van der Waals surface area contributed by atoms with Crippen molar-refractivity contribution in [2.45, 2.75) is 13.5 Å². The summed E-state index contributed by atoms with van der Waals surface area (Å²) in [4.78, 5) is 41.0. The molecule has 2 amide bonds. The summed E-state index contributed by atoms with van der Waals surface area (Å²) in [5.41, 5.74) is 1.44. The molecule has 0 fully saturated rings. The van der Waals surface area contributed by atoms with Gasteiger partial charge in [-0.15, -0.1) is 0 Å². The highest BCUT2D eigenvalue weighted by Gasteiger charge is 2.17. The van der Waals surface area contributed by atoms with Crippen molar-refractivity contribution in [3.05, 3.63) is 71.1 Å². The summed E-state index contributed by atoms with van der Waals surface area (Å²) >= 11 is 0. The minimum atomic E-state index is -0.462. The molecular formula is C25H23N5O6. The van der Waals surface area contributed by atoms with Crippen LogP contribution in [0.3, 0.4) is 0 Å². The molecule has 11 nitrogen and oxygen atoms in total. The highest BCUT2D eigenvalue weighted by Crippen LogP contribution is 2.31. The fourth-order valence-electron chi connectivity index (χ4n) is 3.44. The molecule has 2 heterocycles. The van der Waals surface area contributed by atoms with Crippen LogP contribution in [0.5, 0.6) is 11.5 Å². The summed E-state index contributed by atoms with van der Waals surface area (Å²) < 4.78 is 17.1. The number of carbonyl (C=O) groups excluding carboxylic acids is 2. The van der Waals surface area contributed by atoms with E-state index < -0.39 is 11.5 Å². The predicted octanol–water partition coefficient (Wildman–Crippen LogP) is 3.18. The van der Waals surface area contributed by atoms with E-state index >= 15 is 0 Å². The number of aromatic nitrogens is 3. The normalized spacial score (nSPS) is 10.5. The first kappa shape index (κ1) is 24.2. The summed E-state index contributed by atoms with van der Waals surface area (Å²) in [6.45, 7) is 1.18. The van der Waals surface area contributed by atoms with Crippen LogP contribution in [0.4, 0.5) is 11.4 Å². The first-order valence-corrected chi connectivity index (χ1v) is 10.8. The molecule has 11 heteroatoms. The Labute approximate surface area is 205 Å². The van der Waals surface area contributed by atoms with Gasteiger partial charge >= 0.3 is 0 Å². The number of methoxy groups -OCH3 is 2. The number of amides is 2. The number of carbonyl (C=O) groups is 2. The van der Waals surface area contributed by atoms with E-state index in [1.54, 1.807) is 54.6 Å². The second-order valence-electron chi connectivity index (χ2n) is 7.65. The van der Waals surface area contributed by atoms with Crippen LogP contribution in [0, 0.1) is 0 Å². The van der Waals surface area contributed by atoms with Crippen molar-refractivity contribution in [1.82, 2.24) is 14.7 Å². The summed E-state index contributed by atoms with van der Waals surface area (Å²) in [6.07, 6.45) is 1.50. The summed E-state index contributed by atoms with van der Waals surface area (Å²) in [6, 6.07) is 14.9. The third-order valence-electron chi connectivity index (χ3n) is 5.12. The molecule has 0 radical (unpaired) electrons. The average molecular weight is 489 g/mol. The van der Waals surface area contributed by atoms with Gasteiger partial charge in [-0.25, -0.2) is 0 Å². The maximum absolute atomic E-state index is 13.0. The van der Waals surface area contributed by atoms with E-state index in [4.69, 9.17) is 14.0 Å². The molecule has 0 aliphatic rings. The Bertz CT molecular complexity index is 1460. The smallest absolute Gasteiger partial charge is 0.263 e. The largest absolute Gasteiger partial charge is 0.493 e. The molecule has 0 aliphatic carbocycles. The first-order valence-electron chi connectivity index (χ1n) is 10.8. The first-order chi connectivity index (χ1) is 17.4. The second-order valence-corrected chi connectivity index (χ2v) is 7.65. The molecule has 0 aliphatic heterocycles. The number of nitrogens with one attached hydrogen (secondary N) is 2. The van der Waals surface area contributed by atoms with E-state index in [1.807, 2.05) is 0 Å². The van der Waals surface area contributed by atoms with E-state index in [0.29, 0.717) is 28.4 Å². The van der Waals surface area contributed by atoms with Crippen molar-refractivity contribution >= 4 is 23.2 Å². The Kier molecular flexibility index (Phi) is 7.10. The topological polar surface area (TPSA) is 138 Å². The van der Waals surface area contributed by atoms with Crippen LogP contribution >= 0.6 is 0 Å². The van der Waals surface area contributed by atoms with Gasteiger partial charge in [0.2, 0.25) is 17.6 Å². The third-order valence-corrected chi connectivity index (χ3v) is 5.12. The number of benzene rings is 2. The van der Waals surface area contributed by atoms with Gasteiger partial charge in [-0.3, -0.25) is 14.4 Å². The Hall–Kier alpha value is -4.93. The lowest BCUT2D eigenvalue weighted by Crippen LogP contribution is -2.28. The SMILES string of the molecule is COc1ccc(-c2noc(-c3cccn(CC(=O)Nc4ccc(NC(C)=O)cc4)c3=O)n2)cc1OC. The molecular weight excluding hydrogens is 466 g/mol. The summed E-state index contributed by atoms with van der Waals surface area (Å²) in [5, 5.41) is 9.34. The molecule has 2 N–H and O–H groups in total. The number of anilines is 2. The second kappa shape index (κ2) is 10.6. The van der Waals surface area contributed by atoms with Gasteiger partial charge in [0, 0.05) is 30.1 Å². The molecule has 4 rings (SSSR count). The molecule has 4 aromatic rings. The van der Waals surface area contributed by atoms with E-state index in [0.717, 1.165) is 0 Å². The zero-order chi connectivity index (χ0) is 25.7. The van der Waals surface area contributed by atoms with Gasteiger partial charge in [-0.1, -0.05) is 5.16 Å². The Balaban J connectivity index is 1.50. The molecule has 0 atom stereocenters. The molecule has 184 valence electrons. The quantitative estimate of drug-likeness (QED) is 0.385. The van der Waals surface area contributed by atoms with Crippen molar-refractivity contribution in [2.75, 3.05) is 24.9 Å². The third kappa shape index (κ3) is 5.41. The molecule has 0 bridgehead atoms. The Morgan fingerprint density at radius 3 is 2.33 bits per heavy atom. The van der Waals surface area contributed by atoms with Gasteiger partial charge in [0.1, 0.15) is 12.1 Å². The van der Waals surface area contributed by atoms with Crippen LogP contribution < -0.4 is 25.7 Å². The number of rotatable bonds is 8. The number of pyridine rings is 1. The van der Waals surface area contributed by atoms with E-state index in [9.17, 15) is 14.4 Å². The van der Waals surface area contributed by atoms with Crippen LogP contribution in [0.1, 0.15) is 6.92 Å². The zero-order valence-electron chi connectivity index (χ0n) is 19.8. The van der Waals surface area contributed by atoms with Crippen molar-refractivity contribution in [3.63, 3.8) is 0 Å². The molecule has 2 aromatic heterocycles. The highest BCUT2D eigenvalue weighted by molar-refractivity contribution is 5.92. The maximum atomic E-state index is 13.0. The molecule has 36 heavy (non-hydrogen) atoms. The number of hydrogen-bond acceptors (Lipinski definition) is 8. The van der Waals surface area contributed by atoms with Gasteiger partial charge in [0.05, 0.1) is 14.2 Å². The lowest BCUT2D eigenvalue weighted by molar-refractivity contribution is -0.117. The van der Waals surface area contributed by atoms with Crippen LogP contribution in [-0.4, -0.2) is 40.7 Å². The van der Waals surface area contributed by atoms with Crippen LogP contribution in [0.15, 0.2) is 70.1 Å². The zero-order valence-corrected chi connectivity index (χ0v) is 19.8. The summed E-state index contributed by atoms with van der Waals surface area (Å²) in [7, 11) is 3.06. The van der Waals surface area contributed by atoms with Gasteiger partial charge in [0.25, 0.3) is 11.4 Å². The van der Waals surface area contributed by atoms with E-state index in [-0.39, 0.29) is 29.7 Å². The van der Waals surface area contributed by atoms with Gasteiger partial charge < -0.3 is 29.2 Å². The Morgan fingerprint density at radius 2 is 1.67 bits per heavy atom. The van der Waals surface area contributed by atoms with Crippen molar-refractivity contribution in [3.8, 4) is 34.3 Å². The molecule has 0 spiro atoms. The van der Waals surface area contributed by atoms with E-state index in [1.165, 1.54) is 31.9 Å². The van der Waals surface area contributed by atoms with Crippen molar-refractivity contribution in [1.29, 1.82) is 0 Å². The van der Waals surface area contributed by atoms with Gasteiger partial charge in [0.15, 0.2) is 11.5 Å². The monoisotopic (exact) mass is 489 g/mol. The molecule has 0 saturated carbocycles. The molecule has 2 aromatic carbocycles. The van der Waals surface area contributed by atoms with Crippen LogP contribution in [0.25, 0.3) is 22.8 Å². The standard InChI is InChI=1S/C25H23N5O6/c1-15(31)26-17-7-9-18(10-8-17)27-22(32)14-30-12-4-5-19(25(30)33)24-28-23(29-36-24)16-6-11-20(34-2)21(13-16)35-3/h4-13H,14H2,1-3H3,(H,26,31)(H,27,32). The van der Waals surface area contributed by atoms with Crippen LogP contribution in [-0.2, 0) is 16.1 Å². The summed E-state index contributed by atoms with van der Waals surface area (Å²) in [5.74, 6) is 0.743. The fraction of sp³-hybridized carbons (Fsp3) is 0.160. The fourth-order valence-corrected chi connectivity index (χ4v) is 3.44. The maximum Gasteiger partial charge on any atom is 0.263 e. The number of nitrogens with zero attached hydrogens (tertiary/aromatic N) is 3. The Morgan fingerprint density at radius 1 is 0.972 bits per heavy atom. The lowest BCUT2D eigenvalue weighted by Gasteiger charge is -2.09.